The Bertz CT molecular complexity index is 661. The zero-order chi connectivity index (χ0) is 18.1. The van der Waals surface area contributed by atoms with E-state index in [2.05, 4.69) is 5.10 Å². The van der Waals surface area contributed by atoms with Gasteiger partial charge in [0.15, 0.2) is 0 Å². The van der Waals surface area contributed by atoms with Gasteiger partial charge >= 0.3 is 6.18 Å². The Hall–Kier alpha value is -1.60. The molecule has 0 fully saturated rings. The molecule has 0 spiro atoms. The van der Waals surface area contributed by atoms with E-state index in [-0.39, 0.29) is 33.6 Å². The summed E-state index contributed by atoms with van der Waals surface area (Å²) >= 11 is 5.89. The van der Waals surface area contributed by atoms with Crippen molar-refractivity contribution in [3.05, 3.63) is 34.9 Å². The lowest BCUT2D eigenvalue weighted by molar-refractivity contribution is -0.297. The van der Waals surface area contributed by atoms with Gasteiger partial charge in [0.05, 0.1) is 10.6 Å². The van der Waals surface area contributed by atoms with Crippen LogP contribution in [0, 0.1) is 5.92 Å². The monoisotopic (exact) mass is 362 g/mol. The average molecular weight is 363 g/mol. The van der Waals surface area contributed by atoms with Crippen molar-refractivity contribution in [2.24, 2.45) is 11.0 Å². The van der Waals surface area contributed by atoms with Gasteiger partial charge in [-0.05, 0) is 30.9 Å². The smallest absolute Gasteiger partial charge is 0.362 e. The molecule has 8 heteroatoms. The molecule has 1 aromatic rings. The number of halogens is 4. The number of hydrogen-bond donors (Lipinski definition) is 1. The van der Waals surface area contributed by atoms with E-state index in [1.165, 1.54) is 18.2 Å². The molecule has 1 aliphatic heterocycles. The van der Waals surface area contributed by atoms with Gasteiger partial charge in [0.2, 0.25) is 0 Å². The summed E-state index contributed by atoms with van der Waals surface area (Å²) in [7, 11) is 0. The van der Waals surface area contributed by atoms with E-state index in [0.717, 1.165) is 0 Å². The number of nitrogens with zero attached hydrogens (tertiary/aromatic N) is 2. The lowest BCUT2D eigenvalue weighted by atomic mass is 9.99. The van der Waals surface area contributed by atoms with E-state index in [0.29, 0.717) is 6.42 Å². The van der Waals surface area contributed by atoms with Crippen LogP contribution in [-0.2, 0) is 0 Å². The Labute approximate surface area is 142 Å². The van der Waals surface area contributed by atoms with Crippen molar-refractivity contribution >= 4 is 23.2 Å². The summed E-state index contributed by atoms with van der Waals surface area (Å²) in [6, 6.07) is 5.71. The molecule has 24 heavy (non-hydrogen) atoms. The van der Waals surface area contributed by atoms with Crippen LogP contribution in [0.3, 0.4) is 0 Å². The van der Waals surface area contributed by atoms with Gasteiger partial charge in [-0.2, -0.15) is 23.3 Å². The molecule has 0 unspecified atom stereocenters. The molecule has 0 aromatic heterocycles. The number of benzene rings is 1. The number of carbonyl (C=O) groups is 1. The molecule has 0 bridgehead atoms. The fourth-order valence-electron chi connectivity index (χ4n) is 2.40. The van der Waals surface area contributed by atoms with E-state index >= 15 is 0 Å². The minimum absolute atomic E-state index is 0.00199. The van der Waals surface area contributed by atoms with Crippen molar-refractivity contribution in [2.75, 3.05) is 0 Å². The molecule has 0 aliphatic carbocycles. The van der Waals surface area contributed by atoms with Crippen LogP contribution in [-0.4, -0.2) is 33.6 Å². The maximum Gasteiger partial charge on any atom is 0.438 e. The molecule has 2 rings (SSSR count). The summed E-state index contributed by atoms with van der Waals surface area (Å²) in [5.41, 5.74) is -3.35. The predicted octanol–water partition coefficient (Wildman–Crippen LogP) is 4.23. The number of aliphatic hydroxyl groups is 1. The summed E-state index contributed by atoms with van der Waals surface area (Å²) in [5, 5.41) is 14.1. The summed E-state index contributed by atoms with van der Waals surface area (Å²) in [6.45, 7) is 3.86. The molecule has 1 atom stereocenters. The van der Waals surface area contributed by atoms with Crippen molar-refractivity contribution < 1.29 is 23.1 Å². The standard InChI is InChI=1S/C16H18ClF3N2O2/c1-10(2)7-8-11-9-15(24,16(18,19)20)22(21-11)14(23)12-5-3-4-6-13(12)17/h3-6,10,24H,7-9H2,1-2H3/t15-/m0/s1. The van der Waals surface area contributed by atoms with E-state index in [4.69, 9.17) is 11.6 Å². The fourth-order valence-corrected chi connectivity index (χ4v) is 2.61. The Morgan fingerprint density at radius 1 is 1.42 bits per heavy atom. The predicted molar refractivity (Wildman–Crippen MR) is 84.8 cm³/mol. The highest BCUT2D eigenvalue weighted by Gasteiger charge is 2.63. The highest BCUT2D eigenvalue weighted by molar-refractivity contribution is 6.33. The molecule has 4 nitrogen and oxygen atoms in total. The molecule has 1 aromatic carbocycles. The normalized spacial score (nSPS) is 21.3. The molecule has 1 aliphatic rings. The molecule has 1 amide bonds. The van der Waals surface area contributed by atoms with Crippen LogP contribution in [0.4, 0.5) is 13.2 Å². The maximum absolute atomic E-state index is 13.4. The third-order valence-electron chi connectivity index (χ3n) is 3.80. The Morgan fingerprint density at radius 2 is 2.04 bits per heavy atom. The molecule has 0 saturated heterocycles. The minimum Gasteiger partial charge on any atom is -0.362 e. The Morgan fingerprint density at radius 3 is 2.58 bits per heavy atom. The number of hydrogen-bond acceptors (Lipinski definition) is 3. The molecule has 1 heterocycles. The van der Waals surface area contributed by atoms with Crippen LogP contribution in [0.5, 0.6) is 0 Å². The van der Waals surface area contributed by atoms with Crippen LogP contribution < -0.4 is 0 Å². The fraction of sp³-hybridized carbons (Fsp3) is 0.500. The number of hydrazone groups is 1. The van der Waals surface area contributed by atoms with Crippen molar-refractivity contribution in [3.8, 4) is 0 Å². The third kappa shape index (κ3) is 3.57. The van der Waals surface area contributed by atoms with Gasteiger partial charge in [0.25, 0.3) is 11.6 Å². The number of amides is 1. The van der Waals surface area contributed by atoms with E-state index in [1.54, 1.807) is 6.07 Å². The first kappa shape index (κ1) is 18.7. The minimum atomic E-state index is -5.03. The van der Waals surface area contributed by atoms with Crippen molar-refractivity contribution in [2.45, 2.75) is 45.0 Å². The molecule has 0 radical (unpaired) electrons. The van der Waals surface area contributed by atoms with Gasteiger partial charge in [-0.15, -0.1) is 0 Å². The largest absolute Gasteiger partial charge is 0.438 e. The van der Waals surface area contributed by atoms with Crippen molar-refractivity contribution in [1.82, 2.24) is 5.01 Å². The SMILES string of the molecule is CC(C)CCC1=NN(C(=O)c2ccccc2Cl)[C@@](O)(C(F)(F)F)C1. The molecule has 1 N–H and O–H groups in total. The van der Waals surface area contributed by atoms with Gasteiger partial charge in [-0.1, -0.05) is 37.6 Å². The van der Waals surface area contributed by atoms with Crippen molar-refractivity contribution in [1.29, 1.82) is 0 Å². The summed E-state index contributed by atoms with van der Waals surface area (Å²) in [5.74, 6) is -0.819. The second kappa shape index (κ2) is 6.72. The second-order valence-corrected chi connectivity index (χ2v) is 6.59. The number of rotatable bonds is 4. The Kier molecular flexibility index (Phi) is 5.25. The zero-order valence-electron chi connectivity index (χ0n) is 13.3. The quantitative estimate of drug-likeness (QED) is 0.871. The lowest BCUT2D eigenvalue weighted by Crippen LogP contribution is -2.56. The van der Waals surface area contributed by atoms with Crippen LogP contribution in [0.1, 0.15) is 43.5 Å². The first-order valence-electron chi connectivity index (χ1n) is 7.51. The van der Waals surface area contributed by atoms with E-state index in [9.17, 15) is 23.1 Å². The second-order valence-electron chi connectivity index (χ2n) is 6.19. The van der Waals surface area contributed by atoms with Crippen LogP contribution >= 0.6 is 11.6 Å². The van der Waals surface area contributed by atoms with Gasteiger partial charge in [-0.3, -0.25) is 4.79 Å². The molecular weight excluding hydrogens is 345 g/mol. The molecule has 0 saturated carbocycles. The summed E-state index contributed by atoms with van der Waals surface area (Å²) < 4.78 is 40.2. The van der Waals surface area contributed by atoms with E-state index < -0.39 is 24.2 Å². The lowest BCUT2D eigenvalue weighted by Gasteiger charge is -2.32. The Balaban J connectivity index is 2.38. The molecule has 132 valence electrons. The number of alkyl halides is 3. The van der Waals surface area contributed by atoms with Gasteiger partial charge in [-0.25, -0.2) is 0 Å². The summed E-state index contributed by atoms with van der Waals surface area (Å²) in [6.07, 6.45) is -4.89. The van der Waals surface area contributed by atoms with E-state index in [1.807, 2.05) is 13.8 Å². The van der Waals surface area contributed by atoms with Gasteiger partial charge in [0, 0.05) is 12.1 Å². The summed E-state index contributed by atoms with van der Waals surface area (Å²) in [4.78, 5) is 12.5. The van der Waals surface area contributed by atoms with Crippen LogP contribution in [0.25, 0.3) is 0 Å². The highest BCUT2D eigenvalue weighted by Crippen LogP contribution is 2.42. The highest BCUT2D eigenvalue weighted by atomic mass is 35.5. The molecular formula is C16H18ClF3N2O2. The van der Waals surface area contributed by atoms with Gasteiger partial charge in [0.1, 0.15) is 0 Å². The first-order chi connectivity index (χ1) is 11.1. The third-order valence-corrected chi connectivity index (χ3v) is 4.13. The van der Waals surface area contributed by atoms with Gasteiger partial charge < -0.3 is 5.11 Å². The average Bonchev–Trinajstić information content (AvgIpc) is 2.83. The van der Waals surface area contributed by atoms with Crippen molar-refractivity contribution in [3.63, 3.8) is 0 Å². The topological polar surface area (TPSA) is 52.9 Å². The maximum atomic E-state index is 13.4. The van der Waals surface area contributed by atoms with Crippen LogP contribution in [0.2, 0.25) is 5.02 Å². The number of carbonyl (C=O) groups excluding carboxylic acids is 1. The first-order valence-corrected chi connectivity index (χ1v) is 7.88. The zero-order valence-corrected chi connectivity index (χ0v) is 14.0. The van der Waals surface area contributed by atoms with Crippen LogP contribution in [0.15, 0.2) is 29.4 Å².